The average molecular weight is 458 g/mol. The Balaban J connectivity index is 1.38. The van der Waals surface area contributed by atoms with Crippen LogP contribution >= 0.6 is 0 Å². The smallest absolute Gasteiger partial charge is 0.343 e. The van der Waals surface area contributed by atoms with E-state index in [-0.39, 0.29) is 32.0 Å². The van der Waals surface area contributed by atoms with E-state index in [1.165, 1.54) is 4.90 Å². The van der Waals surface area contributed by atoms with Gasteiger partial charge in [0.25, 0.3) is 5.91 Å². The summed E-state index contributed by atoms with van der Waals surface area (Å²) in [5, 5.41) is 7.56. The number of alkyl halides is 3. The van der Waals surface area contributed by atoms with E-state index in [1.54, 1.807) is 31.6 Å². The summed E-state index contributed by atoms with van der Waals surface area (Å²) >= 11 is 0. The highest BCUT2D eigenvalue weighted by Crippen LogP contribution is 2.36. The van der Waals surface area contributed by atoms with Crippen molar-refractivity contribution in [2.75, 3.05) is 25.0 Å². The number of rotatable bonds is 4. The maximum atomic E-state index is 13.3. The second-order valence-electron chi connectivity index (χ2n) is 8.32. The van der Waals surface area contributed by atoms with E-state index in [0.29, 0.717) is 23.3 Å². The van der Waals surface area contributed by atoms with Gasteiger partial charge in [0.05, 0.1) is 29.3 Å². The molecule has 0 bridgehead atoms. The van der Waals surface area contributed by atoms with E-state index in [2.05, 4.69) is 15.2 Å². The molecule has 0 aliphatic carbocycles. The summed E-state index contributed by atoms with van der Waals surface area (Å²) < 4.78 is 39.8. The normalized spacial score (nSPS) is 18.3. The van der Waals surface area contributed by atoms with Gasteiger partial charge in [-0.3, -0.25) is 14.7 Å². The SMILES string of the molecule is CN(c1cnc2[nH]ncc2c1)c1cccc2c1C(=O)N(CC(=O)N1CCCC1C(F)(F)F)C2. The summed E-state index contributed by atoms with van der Waals surface area (Å²) in [6.45, 7) is -0.160. The molecule has 11 heteroatoms. The molecule has 3 aromatic rings. The first-order chi connectivity index (χ1) is 15.7. The number of benzene rings is 1. The first kappa shape index (κ1) is 21.2. The highest BCUT2D eigenvalue weighted by molar-refractivity contribution is 6.05. The number of hydrogen-bond donors (Lipinski definition) is 1. The van der Waals surface area contributed by atoms with Crippen LogP contribution in [0.4, 0.5) is 24.5 Å². The Morgan fingerprint density at radius 1 is 1.30 bits per heavy atom. The van der Waals surface area contributed by atoms with Gasteiger partial charge in [-0.05, 0) is 30.5 Å². The lowest BCUT2D eigenvalue weighted by molar-refractivity contribution is -0.182. The highest BCUT2D eigenvalue weighted by atomic mass is 19.4. The van der Waals surface area contributed by atoms with Gasteiger partial charge in [0.15, 0.2) is 5.65 Å². The lowest BCUT2D eigenvalue weighted by atomic mass is 10.1. The molecule has 2 aliphatic heterocycles. The second-order valence-corrected chi connectivity index (χ2v) is 8.32. The Labute approximate surface area is 187 Å². The molecule has 1 atom stereocenters. The van der Waals surface area contributed by atoms with Crippen molar-refractivity contribution >= 4 is 34.2 Å². The lowest BCUT2D eigenvalue weighted by Crippen LogP contribution is -2.48. The van der Waals surface area contributed by atoms with Crippen molar-refractivity contribution in [1.29, 1.82) is 0 Å². The summed E-state index contributed by atoms with van der Waals surface area (Å²) in [5.41, 5.74) is 3.18. The zero-order valence-corrected chi connectivity index (χ0v) is 17.8. The minimum Gasteiger partial charge on any atom is -0.343 e. The Kier molecular flexibility index (Phi) is 4.98. The predicted molar refractivity (Wildman–Crippen MR) is 114 cm³/mol. The van der Waals surface area contributed by atoms with Crippen molar-refractivity contribution in [3.8, 4) is 0 Å². The molecule has 0 radical (unpaired) electrons. The minimum absolute atomic E-state index is 0.0511. The molecule has 2 amide bonds. The topological polar surface area (TPSA) is 85.4 Å². The van der Waals surface area contributed by atoms with E-state index in [1.807, 2.05) is 17.0 Å². The number of pyridine rings is 1. The molecule has 2 aromatic heterocycles. The van der Waals surface area contributed by atoms with Gasteiger partial charge in [-0.25, -0.2) is 4.98 Å². The van der Waals surface area contributed by atoms with Gasteiger partial charge < -0.3 is 14.7 Å². The van der Waals surface area contributed by atoms with Crippen molar-refractivity contribution in [1.82, 2.24) is 25.0 Å². The van der Waals surface area contributed by atoms with E-state index < -0.39 is 18.1 Å². The van der Waals surface area contributed by atoms with Crippen molar-refractivity contribution < 1.29 is 22.8 Å². The maximum absolute atomic E-state index is 13.3. The van der Waals surface area contributed by atoms with Gasteiger partial charge in [0, 0.05) is 25.5 Å². The number of anilines is 2. The van der Waals surface area contributed by atoms with Crippen LogP contribution in [-0.2, 0) is 11.3 Å². The molecule has 8 nitrogen and oxygen atoms in total. The highest BCUT2D eigenvalue weighted by Gasteiger charge is 2.48. The van der Waals surface area contributed by atoms with Gasteiger partial charge in [0.1, 0.15) is 12.6 Å². The van der Waals surface area contributed by atoms with Crippen molar-refractivity contribution in [3.63, 3.8) is 0 Å². The minimum atomic E-state index is -4.47. The molecule has 4 heterocycles. The Bertz CT molecular complexity index is 1240. The largest absolute Gasteiger partial charge is 0.408 e. The molecule has 5 rings (SSSR count). The second kappa shape index (κ2) is 7.75. The molecule has 1 fully saturated rings. The van der Waals surface area contributed by atoms with Crippen LogP contribution in [0.25, 0.3) is 11.0 Å². The number of fused-ring (bicyclic) bond motifs is 2. The fourth-order valence-electron chi connectivity index (χ4n) is 4.62. The van der Waals surface area contributed by atoms with Crippen LogP contribution in [0.5, 0.6) is 0 Å². The van der Waals surface area contributed by atoms with Gasteiger partial charge in [-0.15, -0.1) is 0 Å². The monoisotopic (exact) mass is 458 g/mol. The molecule has 1 saturated heterocycles. The van der Waals surface area contributed by atoms with E-state index in [4.69, 9.17) is 0 Å². The van der Waals surface area contributed by atoms with E-state index in [9.17, 15) is 22.8 Å². The number of aromatic nitrogens is 3. The zero-order valence-electron chi connectivity index (χ0n) is 17.8. The molecule has 33 heavy (non-hydrogen) atoms. The summed E-state index contributed by atoms with van der Waals surface area (Å²) in [6, 6.07) is 5.50. The van der Waals surface area contributed by atoms with Crippen LogP contribution in [0, 0.1) is 0 Å². The zero-order chi connectivity index (χ0) is 23.3. The van der Waals surface area contributed by atoms with Gasteiger partial charge >= 0.3 is 6.18 Å². The van der Waals surface area contributed by atoms with Gasteiger partial charge in [-0.2, -0.15) is 18.3 Å². The Morgan fingerprint density at radius 2 is 2.12 bits per heavy atom. The fourth-order valence-corrected chi connectivity index (χ4v) is 4.62. The van der Waals surface area contributed by atoms with E-state index >= 15 is 0 Å². The number of likely N-dealkylation sites (tertiary alicyclic amines) is 1. The van der Waals surface area contributed by atoms with Crippen molar-refractivity contribution in [2.24, 2.45) is 0 Å². The number of amides is 2. The number of H-pyrrole nitrogens is 1. The third-order valence-corrected chi connectivity index (χ3v) is 6.29. The molecule has 0 saturated carbocycles. The average Bonchev–Trinajstić information content (AvgIpc) is 3.51. The first-order valence-corrected chi connectivity index (χ1v) is 10.5. The molecular formula is C22H21F3N6O2. The number of aromatic amines is 1. The Hall–Kier alpha value is -3.63. The predicted octanol–water partition coefficient (Wildman–Crippen LogP) is 3.23. The quantitative estimate of drug-likeness (QED) is 0.649. The van der Waals surface area contributed by atoms with Crippen LogP contribution in [0.15, 0.2) is 36.7 Å². The number of nitrogens with one attached hydrogen (secondary N) is 1. The number of nitrogens with zero attached hydrogens (tertiary/aromatic N) is 5. The lowest BCUT2D eigenvalue weighted by Gasteiger charge is -2.28. The van der Waals surface area contributed by atoms with Crippen LogP contribution in [0.1, 0.15) is 28.8 Å². The van der Waals surface area contributed by atoms with Crippen LogP contribution in [0.2, 0.25) is 0 Å². The van der Waals surface area contributed by atoms with Crippen molar-refractivity contribution in [2.45, 2.75) is 31.6 Å². The molecule has 1 N–H and O–H groups in total. The summed E-state index contributed by atoms with van der Waals surface area (Å²) in [5.74, 6) is -1.05. The molecule has 2 aliphatic rings. The standard InChI is InChI=1S/C22H21F3N6O2/c1-29(15-8-14-9-27-28-20(14)26-10-15)16-5-2-4-13-11-30(21(33)19(13)16)12-18(32)31-7-3-6-17(31)22(23,24)25/h2,4-5,8-10,17H,3,6-7,11-12H2,1H3,(H,26,27,28). The molecule has 1 aromatic carbocycles. The van der Waals surface area contributed by atoms with Gasteiger partial charge in [-0.1, -0.05) is 12.1 Å². The summed E-state index contributed by atoms with van der Waals surface area (Å²) in [4.78, 5) is 34.2. The fraction of sp³-hybridized carbons (Fsp3) is 0.364. The molecule has 172 valence electrons. The Morgan fingerprint density at radius 3 is 2.91 bits per heavy atom. The van der Waals surface area contributed by atoms with Gasteiger partial charge in [0.2, 0.25) is 5.91 Å². The summed E-state index contributed by atoms with van der Waals surface area (Å²) in [6.07, 6.45) is -0.961. The maximum Gasteiger partial charge on any atom is 0.408 e. The van der Waals surface area contributed by atoms with Crippen LogP contribution in [0.3, 0.4) is 0 Å². The van der Waals surface area contributed by atoms with E-state index in [0.717, 1.165) is 21.5 Å². The molecular weight excluding hydrogens is 437 g/mol. The molecule has 0 spiro atoms. The number of carbonyl (C=O) groups is 2. The molecule has 1 unspecified atom stereocenters. The van der Waals surface area contributed by atoms with Crippen molar-refractivity contribution in [3.05, 3.63) is 47.8 Å². The van der Waals surface area contributed by atoms with Crippen LogP contribution in [-0.4, -0.2) is 69.2 Å². The number of hydrogen-bond acceptors (Lipinski definition) is 5. The third kappa shape index (κ3) is 3.66. The summed E-state index contributed by atoms with van der Waals surface area (Å²) in [7, 11) is 1.80. The number of carbonyl (C=O) groups excluding carboxylic acids is 2. The first-order valence-electron chi connectivity index (χ1n) is 10.5. The third-order valence-electron chi connectivity index (χ3n) is 6.29. The van der Waals surface area contributed by atoms with Crippen LogP contribution < -0.4 is 4.90 Å². The number of halogens is 3.